The smallest absolute Gasteiger partial charge is 0.414 e. The summed E-state index contributed by atoms with van der Waals surface area (Å²) in [5.74, 6) is 1.72. The van der Waals surface area contributed by atoms with Crippen LogP contribution in [0.2, 0.25) is 18.1 Å². The van der Waals surface area contributed by atoms with Gasteiger partial charge in [0, 0.05) is 12.6 Å². The lowest BCUT2D eigenvalue weighted by molar-refractivity contribution is -0.171. The largest absolute Gasteiger partial charge is 0.452 e. The third kappa shape index (κ3) is 6.42. The number of hydrogen-bond acceptors (Lipinski definition) is 7. The molecule has 1 aromatic heterocycles. The molecule has 0 spiro atoms. The van der Waals surface area contributed by atoms with Crippen LogP contribution in [0.1, 0.15) is 39.0 Å². The summed E-state index contributed by atoms with van der Waals surface area (Å²) in [4.78, 5) is 37.4. The second kappa shape index (κ2) is 9.55. The predicted octanol–water partition coefficient (Wildman–Crippen LogP) is 1.02. The Balaban J connectivity index is 2.22. The van der Waals surface area contributed by atoms with Gasteiger partial charge in [0.1, 0.15) is 23.9 Å². The number of aliphatic hydroxyl groups excluding tert-OH is 1. The summed E-state index contributed by atoms with van der Waals surface area (Å²) in [5.41, 5.74) is 2.92. The number of carbonyl (C=O) groups is 1. The summed E-state index contributed by atoms with van der Waals surface area (Å²) in [5, 5.41) is 10.3. The molecule has 2 heterocycles. The number of carbonyl (C=O) groups excluding carboxylic acids is 1. The lowest BCUT2D eigenvalue weighted by atomic mass is 10.2. The average Bonchev–Trinajstić information content (AvgIpc) is 3.03. The number of nitrogens with one attached hydrogen (secondary N) is 1. The fourth-order valence-electron chi connectivity index (χ4n) is 2.73. The summed E-state index contributed by atoms with van der Waals surface area (Å²) in [6.07, 6.45) is -6.82. The number of aromatic amines is 1. The highest BCUT2D eigenvalue weighted by atomic mass is 28.4. The standard InChI is InChI=1S/C20H28F3N3O6Si/c1-19(2,3)33(4,5)31-10-14-13(27)8-15(32-14)26-9-11(17(29)25-18(26)30)6-7-12(24)16(28)20(21,22)23/h9,12-15,27H,8,10,24H2,1-5H3,(H,25,29,30)/t12?,13-,14+,15+/m0/s1. The van der Waals surface area contributed by atoms with Crippen molar-refractivity contribution in [2.75, 3.05) is 6.61 Å². The topological polar surface area (TPSA) is 137 Å². The van der Waals surface area contributed by atoms with E-state index in [0.29, 0.717) is 0 Å². The first-order valence-electron chi connectivity index (χ1n) is 10.1. The highest BCUT2D eigenvalue weighted by molar-refractivity contribution is 6.74. The van der Waals surface area contributed by atoms with Crippen molar-refractivity contribution in [2.45, 2.75) is 76.0 Å². The van der Waals surface area contributed by atoms with Gasteiger partial charge in [-0.3, -0.25) is 19.1 Å². The van der Waals surface area contributed by atoms with Crippen LogP contribution in [0.4, 0.5) is 13.2 Å². The van der Waals surface area contributed by atoms with Crippen LogP contribution in [-0.4, -0.2) is 59.8 Å². The number of alkyl halides is 3. The minimum absolute atomic E-state index is 0.0103. The number of ketones is 1. The molecule has 0 aliphatic carbocycles. The van der Waals surface area contributed by atoms with Crippen molar-refractivity contribution in [3.05, 3.63) is 32.6 Å². The molecule has 9 nitrogen and oxygen atoms in total. The van der Waals surface area contributed by atoms with Gasteiger partial charge in [-0.15, -0.1) is 0 Å². The number of aliphatic hydroxyl groups is 1. The number of rotatable bonds is 5. The van der Waals surface area contributed by atoms with Gasteiger partial charge in [-0.1, -0.05) is 32.6 Å². The van der Waals surface area contributed by atoms with Gasteiger partial charge in [0.25, 0.3) is 11.3 Å². The molecule has 0 amide bonds. The minimum atomic E-state index is -5.17. The van der Waals surface area contributed by atoms with E-state index in [1.165, 1.54) is 0 Å². The van der Waals surface area contributed by atoms with Crippen LogP contribution < -0.4 is 17.0 Å². The highest BCUT2D eigenvalue weighted by Gasteiger charge is 2.42. The van der Waals surface area contributed by atoms with Crippen LogP contribution in [0.25, 0.3) is 0 Å². The fraction of sp³-hybridized carbons (Fsp3) is 0.650. The Morgan fingerprint density at radius 3 is 2.55 bits per heavy atom. The molecule has 4 N–H and O–H groups in total. The molecule has 1 aromatic rings. The highest BCUT2D eigenvalue weighted by Crippen LogP contribution is 2.37. The normalized spacial score (nSPS) is 22.5. The van der Waals surface area contributed by atoms with E-state index in [0.717, 1.165) is 10.8 Å². The molecule has 1 fully saturated rings. The van der Waals surface area contributed by atoms with Gasteiger partial charge in [0.05, 0.1) is 12.7 Å². The Kier molecular flexibility index (Phi) is 7.82. The Bertz CT molecular complexity index is 1060. The van der Waals surface area contributed by atoms with Crippen LogP contribution in [0.15, 0.2) is 15.8 Å². The van der Waals surface area contributed by atoms with Crippen molar-refractivity contribution in [1.82, 2.24) is 9.55 Å². The van der Waals surface area contributed by atoms with E-state index in [9.17, 15) is 32.7 Å². The van der Waals surface area contributed by atoms with E-state index >= 15 is 0 Å². The lowest BCUT2D eigenvalue weighted by Crippen LogP contribution is -2.44. The third-order valence-electron chi connectivity index (χ3n) is 5.82. The van der Waals surface area contributed by atoms with Gasteiger partial charge in [0.2, 0.25) is 0 Å². The second-order valence-corrected chi connectivity index (χ2v) is 14.1. The van der Waals surface area contributed by atoms with Crippen LogP contribution in [0.3, 0.4) is 0 Å². The van der Waals surface area contributed by atoms with Crippen molar-refractivity contribution in [1.29, 1.82) is 0 Å². The number of nitrogens with zero attached hydrogens (tertiary/aromatic N) is 1. The Hall–Kier alpha value is -2.24. The molecule has 4 atom stereocenters. The van der Waals surface area contributed by atoms with E-state index in [4.69, 9.17) is 14.9 Å². The van der Waals surface area contributed by atoms with E-state index < -0.39 is 56.0 Å². The number of hydrogen-bond donors (Lipinski definition) is 3. The molecule has 2 rings (SSSR count). The number of ether oxygens (including phenoxy) is 1. The van der Waals surface area contributed by atoms with E-state index in [1.54, 1.807) is 0 Å². The molecule has 0 bridgehead atoms. The van der Waals surface area contributed by atoms with Gasteiger partial charge in [-0.05, 0) is 18.1 Å². The first kappa shape index (κ1) is 27.0. The molecule has 0 saturated carbocycles. The Morgan fingerprint density at radius 1 is 1.39 bits per heavy atom. The van der Waals surface area contributed by atoms with Crippen molar-refractivity contribution in [3.8, 4) is 11.8 Å². The minimum Gasteiger partial charge on any atom is -0.414 e. The number of nitrogens with two attached hydrogens (primary N) is 1. The van der Waals surface area contributed by atoms with Gasteiger partial charge in [-0.25, -0.2) is 4.79 Å². The number of Topliss-reactive ketones (excluding diaryl/α,β-unsaturated/α-hetero) is 1. The maximum absolute atomic E-state index is 12.4. The quantitative estimate of drug-likeness (QED) is 0.413. The first-order valence-corrected chi connectivity index (χ1v) is 13.1. The molecule has 1 aliphatic heterocycles. The van der Waals surface area contributed by atoms with E-state index in [1.807, 2.05) is 24.0 Å². The number of aromatic nitrogens is 2. The molecule has 0 aromatic carbocycles. The molecule has 184 valence electrons. The van der Waals surface area contributed by atoms with Crippen molar-refractivity contribution < 1.29 is 32.2 Å². The molecule has 1 saturated heterocycles. The van der Waals surface area contributed by atoms with Crippen LogP contribution in [0, 0.1) is 11.8 Å². The molecule has 0 radical (unpaired) electrons. The van der Waals surface area contributed by atoms with Gasteiger partial charge in [-0.2, -0.15) is 13.2 Å². The van der Waals surface area contributed by atoms with Crippen molar-refractivity contribution >= 4 is 14.1 Å². The van der Waals surface area contributed by atoms with Crippen molar-refractivity contribution in [2.24, 2.45) is 5.73 Å². The molecular formula is C20H28F3N3O6Si. The first-order chi connectivity index (χ1) is 14.9. The van der Waals surface area contributed by atoms with Crippen LogP contribution in [-0.2, 0) is 14.0 Å². The summed E-state index contributed by atoms with van der Waals surface area (Å²) < 4.78 is 50.1. The monoisotopic (exact) mass is 491 g/mol. The second-order valence-electron chi connectivity index (χ2n) is 9.32. The van der Waals surface area contributed by atoms with E-state index in [-0.39, 0.29) is 23.6 Å². The zero-order valence-corrected chi connectivity index (χ0v) is 19.9. The lowest BCUT2D eigenvalue weighted by Gasteiger charge is -2.37. The van der Waals surface area contributed by atoms with Gasteiger partial charge < -0.3 is 20.0 Å². The zero-order chi connectivity index (χ0) is 25.4. The fourth-order valence-corrected chi connectivity index (χ4v) is 3.74. The van der Waals surface area contributed by atoms with E-state index in [2.05, 4.69) is 26.7 Å². The summed E-state index contributed by atoms with van der Waals surface area (Å²) >= 11 is 0. The molecule has 33 heavy (non-hydrogen) atoms. The number of halogens is 3. The maximum atomic E-state index is 12.4. The molecule has 1 unspecified atom stereocenters. The maximum Gasteiger partial charge on any atom is 0.452 e. The molecule has 1 aliphatic rings. The van der Waals surface area contributed by atoms with Crippen molar-refractivity contribution in [3.63, 3.8) is 0 Å². The average molecular weight is 492 g/mol. The summed E-state index contributed by atoms with van der Waals surface area (Å²) in [7, 11) is -2.12. The summed E-state index contributed by atoms with van der Waals surface area (Å²) in [6.45, 7) is 10.4. The van der Waals surface area contributed by atoms with Crippen LogP contribution in [0.5, 0.6) is 0 Å². The number of H-pyrrole nitrogens is 1. The van der Waals surface area contributed by atoms with Gasteiger partial charge >= 0.3 is 11.9 Å². The molecule has 13 heteroatoms. The van der Waals surface area contributed by atoms with Crippen LogP contribution >= 0.6 is 0 Å². The Labute approximate surface area is 189 Å². The Morgan fingerprint density at radius 2 is 2.00 bits per heavy atom. The predicted molar refractivity (Wildman–Crippen MR) is 115 cm³/mol. The zero-order valence-electron chi connectivity index (χ0n) is 18.9. The SMILES string of the molecule is CC(C)(C)[Si](C)(C)OC[C@H]1O[C@@H](n2cc(C#CC(N)C(=O)C(F)(F)F)c(=O)[nH]c2=O)C[C@@H]1O. The third-order valence-corrected chi connectivity index (χ3v) is 10.3. The molecular weight excluding hydrogens is 463 g/mol. The summed E-state index contributed by atoms with van der Waals surface area (Å²) in [6, 6.07) is -2.19. The van der Waals surface area contributed by atoms with Gasteiger partial charge in [0.15, 0.2) is 8.32 Å².